The molecule has 2 rings (SSSR count). The fraction of sp³-hybridized carbons (Fsp3) is 0.929. The van der Waals surface area contributed by atoms with Gasteiger partial charge in [-0.15, -0.1) is 12.4 Å². The van der Waals surface area contributed by atoms with Crippen molar-refractivity contribution in [1.29, 1.82) is 0 Å². The molecule has 0 bridgehead atoms. The Morgan fingerprint density at radius 2 is 1.89 bits per heavy atom. The highest BCUT2D eigenvalue weighted by Crippen LogP contribution is 2.28. The number of carbonyl (C=O) groups is 1. The van der Waals surface area contributed by atoms with E-state index < -0.39 is 0 Å². The SMILES string of the molecule is Cl.O=C(CCC1CCCC1)NCCC1CCNC1. The summed E-state index contributed by atoms with van der Waals surface area (Å²) in [7, 11) is 0. The van der Waals surface area contributed by atoms with Crippen molar-refractivity contribution in [2.75, 3.05) is 19.6 Å². The van der Waals surface area contributed by atoms with E-state index in [2.05, 4.69) is 10.6 Å². The maximum absolute atomic E-state index is 11.6. The molecule has 2 N–H and O–H groups in total. The first kappa shape index (κ1) is 15.8. The third-order valence-corrected chi connectivity index (χ3v) is 4.29. The number of halogens is 1. The standard InChI is InChI=1S/C14H26N2O.ClH/c17-14(6-5-12-3-1-2-4-12)16-10-8-13-7-9-15-11-13;/h12-13,15H,1-11H2,(H,16,17);1H. The summed E-state index contributed by atoms with van der Waals surface area (Å²) < 4.78 is 0. The number of amides is 1. The zero-order valence-electron chi connectivity index (χ0n) is 11.2. The van der Waals surface area contributed by atoms with Crippen molar-refractivity contribution in [2.45, 2.75) is 51.4 Å². The van der Waals surface area contributed by atoms with Gasteiger partial charge in [-0.3, -0.25) is 4.79 Å². The molecule has 18 heavy (non-hydrogen) atoms. The lowest BCUT2D eigenvalue weighted by molar-refractivity contribution is -0.121. The monoisotopic (exact) mass is 274 g/mol. The molecule has 1 saturated carbocycles. The second kappa shape index (κ2) is 8.76. The Bertz CT molecular complexity index is 236. The van der Waals surface area contributed by atoms with Crippen LogP contribution in [0.25, 0.3) is 0 Å². The van der Waals surface area contributed by atoms with Crippen LogP contribution in [0.1, 0.15) is 51.4 Å². The molecular formula is C14H27ClN2O. The van der Waals surface area contributed by atoms with Crippen LogP contribution in [0.4, 0.5) is 0 Å². The molecule has 2 aliphatic rings. The van der Waals surface area contributed by atoms with E-state index in [1.807, 2.05) is 0 Å². The van der Waals surface area contributed by atoms with Crippen molar-refractivity contribution < 1.29 is 4.79 Å². The van der Waals surface area contributed by atoms with Crippen LogP contribution in [0.15, 0.2) is 0 Å². The summed E-state index contributed by atoms with van der Waals surface area (Å²) in [5, 5.41) is 6.43. The quantitative estimate of drug-likeness (QED) is 0.781. The molecule has 0 aromatic rings. The molecule has 1 unspecified atom stereocenters. The largest absolute Gasteiger partial charge is 0.356 e. The first-order valence-electron chi connectivity index (χ1n) is 7.32. The van der Waals surface area contributed by atoms with Crippen LogP contribution < -0.4 is 10.6 Å². The summed E-state index contributed by atoms with van der Waals surface area (Å²) in [6.07, 6.45) is 9.72. The van der Waals surface area contributed by atoms with E-state index in [1.165, 1.54) is 32.1 Å². The van der Waals surface area contributed by atoms with E-state index in [1.54, 1.807) is 0 Å². The fourth-order valence-electron chi connectivity index (χ4n) is 3.10. The Kier molecular flexibility index (Phi) is 7.68. The van der Waals surface area contributed by atoms with Crippen molar-refractivity contribution in [2.24, 2.45) is 11.8 Å². The molecule has 1 atom stereocenters. The fourth-order valence-corrected chi connectivity index (χ4v) is 3.10. The van der Waals surface area contributed by atoms with Crippen molar-refractivity contribution in [3.63, 3.8) is 0 Å². The normalized spacial score (nSPS) is 23.9. The molecule has 1 aliphatic carbocycles. The lowest BCUT2D eigenvalue weighted by Gasteiger charge is -2.11. The summed E-state index contributed by atoms with van der Waals surface area (Å²) in [4.78, 5) is 11.6. The van der Waals surface area contributed by atoms with Crippen molar-refractivity contribution in [3.05, 3.63) is 0 Å². The Morgan fingerprint density at radius 3 is 2.56 bits per heavy atom. The van der Waals surface area contributed by atoms with Crippen LogP contribution in [0, 0.1) is 11.8 Å². The van der Waals surface area contributed by atoms with Gasteiger partial charge in [0.1, 0.15) is 0 Å². The molecule has 0 aromatic heterocycles. The number of rotatable bonds is 6. The van der Waals surface area contributed by atoms with Crippen LogP contribution in [0.3, 0.4) is 0 Å². The van der Waals surface area contributed by atoms with E-state index in [0.29, 0.717) is 0 Å². The van der Waals surface area contributed by atoms with Crippen LogP contribution in [0.5, 0.6) is 0 Å². The van der Waals surface area contributed by atoms with Crippen LogP contribution in [-0.2, 0) is 4.79 Å². The minimum atomic E-state index is 0. The van der Waals surface area contributed by atoms with E-state index in [4.69, 9.17) is 0 Å². The first-order chi connectivity index (χ1) is 8.34. The van der Waals surface area contributed by atoms with Crippen molar-refractivity contribution in [3.8, 4) is 0 Å². The highest BCUT2D eigenvalue weighted by atomic mass is 35.5. The number of carbonyl (C=O) groups excluding carboxylic acids is 1. The van der Waals surface area contributed by atoms with Gasteiger partial charge in [0, 0.05) is 13.0 Å². The maximum atomic E-state index is 11.6. The molecule has 0 spiro atoms. The van der Waals surface area contributed by atoms with Crippen LogP contribution >= 0.6 is 12.4 Å². The zero-order valence-corrected chi connectivity index (χ0v) is 12.1. The third-order valence-electron chi connectivity index (χ3n) is 4.29. The molecule has 2 fully saturated rings. The average molecular weight is 275 g/mol. The molecule has 106 valence electrons. The minimum absolute atomic E-state index is 0. The smallest absolute Gasteiger partial charge is 0.220 e. The van der Waals surface area contributed by atoms with Gasteiger partial charge in [0.25, 0.3) is 0 Å². The van der Waals surface area contributed by atoms with Gasteiger partial charge in [-0.1, -0.05) is 25.7 Å². The number of nitrogens with one attached hydrogen (secondary N) is 2. The van der Waals surface area contributed by atoms with Gasteiger partial charge in [0.2, 0.25) is 5.91 Å². The Hall–Kier alpha value is -0.280. The van der Waals surface area contributed by atoms with Crippen LogP contribution in [-0.4, -0.2) is 25.5 Å². The van der Waals surface area contributed by atoms with Gasteiger partial charge in [-0.05, 0) is 44.2 Å². The van der Waals surface area contributed by atoms with E-state index in [-0.39, 0.29) is 18.3 Å². The van der Waals surface area contributed by atoms with Gasteiger partial charge in [0.15, 0.2) is 0 Å². The molecule has 4 heteroatoms. The molecule has 0 radical (unpaired) electrons. The third kappa shape index (κ3) is 5.57. The second-order valence-corrected chi connectivity index (χ2v) is 5.69. The zero-order chi connectivity index (χ0) is 11.9. The molecule has 1 amide bonds. The summed E-state index contributed by atoms with van der Waals surface area (Å²) in [5.74, 6) is 1.88. The van der Waals surface area contributed by atoms with E-state index >= 15 is 0 Å². The minimum Gasteiger partial charge on any atom is -0.356 e. The summed E-state index contributed by atoms with van der Waals surface area (Å²) in [6, 6.07) is 0. The molecule has 1 saturated heterocycles. The molecular weight excluding hydrogens is 248 g/mol. The lowest BCUT2D eigenvalue weighted by Crippen LogP contribution is -2.26. The second-order valence-electron chi connectivity index (χ2n) is 5.69. The average Bonchev–Trinajstić information content (AvgIpc) is 2.99. The predicted octanol–water partition coefficient (Wildman–Crippen LogP) is 2.49. The van der Waals surface area contributed by atoms with Crippen LogP contribution in [0.2, 0.25) is 0 Å². The van der Waals surface area contributed by atoms with Crippen molar-refractivity contribution in [1.82, 2.24) is 10.6 Å². The topological polar surface area (TPSA) is 41.1 Å². The summed E-state index contributed by atoms with van der Waals surface area (Å²) >= 11 is 0. The maximum Gasteiger partial charge on any atom is 0.220 e. The Balaban J connectivity index is 0.00000162. The number of hydrogen-bond donors (Lipinski definition) is 2. The first-order valence-corrected chi connectivity index (χ1v) is 7.32. The summed E-state index contributed by atoms with van der Waals surface area (Å²) in [6.45, 7) is 3.16. The Morgan fingerprint density at radius 1 is 1.11 bits per heavy atom. The molecule has 0 aromatic carbocycles. The number of hydrogen-bond acceptors (Lipinski definition) is 2. The van der Waals surface area contributed by atoms with Gasteiger partial charge < -0.3 is 10.6 Å². The highest BCUT2D eigenvalue weighted by Gasteiger charge is 2.17. The molecule has 1 heterocycles. The highest BCUT2D eigenvalue weighted by molar-refractivity contribution is 5.85. The van der Waals surface area contributed by atoms with E-state index in [0.717, 1.165) is 50.7 Å². The lowest BCUT2D eigenvalue weighted by atomic mass is 10.0. The Labute approximate surface area is 117 Å². The van der Waals surface area contributed by atoms with Crippen molar-refractivity contribution >= 4 is 18.3 Å². The summed E-state index contributed by atoms with van der Waals surface area (Å²) in [5.41, 5.74) is 0. The van der Waals surface area contributed by atoms with Gasteiger partial charge in [0.05, 0.1) is 0 Å². The van der Waals surface area contributed by atoms with E-state index in [9.17, 15) is 4.79 Å². The molecule has 1 aliphatic heterocycles. The van der Waals surface area contributed by atoms with Gasteiger partial charge in [-0.2, -0.15) is 0 Å². The van der Waals surface area contributed by atoms with Gasteiger partial charge in [-0.25, -0.2) is 0 Å². The van der Waals surface area contributed by atoms with Gasteiger partial charge >= 0.3 is 0 Å². The molecule has 3 nitrogen and oxygen atoms in total. The predicted molar refractivity (Wildman–Crippen MR) is 77.0 cm³/mol.